The Kier molecular flexibility index (Phi) is 25.6. The zero-order valence-corrected chi connectivity index (χ0v) is 41.6. The highest BCUT2D eigenvalue weighted by molar-refractivity contribution is 5.72. The van der Waals surface area contributed by atoms with Gasteiger partial charge in [0, 0.05) is 6.92 Å². The lowest BCUT2D eigenvalue weighted by molar-refractivity contribution is -0.396. The van der Waals surface area contributed by atoms with Crippen LogP contribution in [0.2, 0.25) is 0 Å². The van der Waals surface area contributed by atoms with Gasteiger partial charge in [0.15, 0.2) is 37.4 Å². The van der Waals surface area contributed by atoms with Crippen LogP contribution >= 0.6 is 0 Å². The molecule has 0 bridgehead atoms. The zero-order chi connectivity index (χ0) is 52.7. The van der Waals surface area contributed by atoms with Crippen LogP contribution in [0.25, 0.3) is 0 Å². The van der Waals surface area contributed by atoms with Gasteiger partial charge in [-0.15, -0.1) is 0 Å². The van der Waals surface area contributed by atoms with E-state index in [2.05, 4.69) is 0 Å². The number of aliphatic hydroxyl groups excluding tert-OH is 10. The molecular weight excluding hydrogens is 948 g/mol. The monoisotopic (exact) mass is 1030 g/mol. The molecule has 0 aromatic rings. The summed E-state index contributed by atoms with van der Waals surface area (Å²) in [5.74, 6) is -2.93. The van der Waals surface area contributed by atoms with Crippen LogP contribution in [-0.2, 0) is 61.8 Å². The molecule has 4 aliphatic rings. The Labute approximate surface area is 414 Å². The van der Waals surface area contributed by atoms with Gasteiger partial charge in [0.05, 0.1) is 50.0 Å². The van der Waals surface area contributed by atoms with Crippen molar-refractivity contribution in [3.63, 3.8) is 0 Å². The quantitative estimate of drug-likeness (QED) is 0.0331. The van der Waals surface area contributed by atoms with Crippen molar-refractivity contribution in [1.29, 1.82) is 0 Å². The van der Waals surface area contributed by atoms with Crippen LogP contribution in [0.3, 0.4) is 0 Å². The van der Waals surface area contributed by atoms with Crippen molar-refractivity contribution in [1.82, 2.24) is 0 Å². The number of rotatable bonds is 28. The van der Waals surface area contributed by atoms with Crippen molar-refractivity contribution in [2.24, 2.45) is 5.92 Å². The standard InChI is InChI=1S/C47H82O24/c1-7-9-17-27(18-15-13-11-10-12-14-16-26(50)19-30(51)52)66-46-41(34(56)32(54)29(68-46)21-62-44-37(59)35(57)39(23(4)63-44)65-25(6)49)71-47-42(33(55)31(53)28(20-48)67-47)70-45-38(60)36(58)40(24(5)64-45)69-43(61)22(3)8-2/h22-24,26-29,31-42,44-48,50,53-60H,7-21H2,1-6H3,(H,51,52). The summed E-state index contributed by atoms with van der Waals surface area (Å²) in [5.41, 5.74) is 0. The van der Waals surface area contributed by atoms with Crippen LogP contribution in [0.5, 0.6) is 0 Å². The third-order valence-corrected chi connectivity index (χ3v) is 13.5. The third kappa shape index (κ3) is 17.4. The van der Waals surface area contributed by atoms with Gasteiger partial charge in [0.25, 0.3) is 0 Å². The van der Waals surface area contributed by atoms with Gasteiger partial charge in [-0.1, -0.05) is 72.1 Å². The van der Waals surface area contributed by atoms with E-state index < -0.39 is 172 Å². The first-order chi connectivity index (χ1) is 33.6. The molecule has 0 spiro atoms. The normalized spacial score (nSPS) is 39.0. The minimum Gasteiger partial charge on any atom is -0.481 e. The summed E-state index contributed by atoms with van der Waals surface area (Å²) in [6.45, 7) is 8.06. The summed E-state index contributed by atoms with van der Waals surface area (Å²) in [7, 11) is 0. The number of unbranched alkanes of at least 4 members (excludes halogenated alkanes) is 6. The number of carbonyl (C=O) groups is 3. The Hall–Kier alpha value is -2.31. The van der Waals surface area contributed by atoms with Gasteiger partial charge >= 0.3 is 17.9 Å². The molecule has 414 valence electrons. The Morgan fingerprint density at radius 2 is 1.07 bits per heavy atom. The largest absolute Gasteiger partial charge is 0.481 e. The molecule has 4 rings (SSSR count). The van der Waals surface area contributed by atoms with Gasteiger partial charge in [0.1, 0.15) is 73.2 Å². The van der Waals surface area contributed by atoms with Crippen molar-refractivity contribution in [2.75, 3.05) is 13.2 Å². The zero-order valence-electron chi connectivity index (χ0n) is 41.6. The van der Waals surface area contributed by atoms with E-state index >= 15 is 0 Å². The number of aliphatic hydroxyl groups is 10. The highest BCUT2D eigenvalue weighted by Crippen LogP contribution is 2.36. The molecule has 23 atom stereocenters. The molecule has 0 saturated carbocycles. The number of ether oxygens (including phenoxy) is 10. The minimum absolute atomic E-state index is 0.305. The molecule has 0 radical (unpaired) electrons. The second-order valence-corrected chi connectivity index (χ2v) is 19.3. The van der Waals surface area contributed by atoms with E-state index in [1.807, 2.05) is 6.92 Å². The maximum atomic E-state index is 12.6. The SMILES string of the molecule is CCCCC(CCCCCCCCC(O)CC(=O)O)OC1OC(COC2OC(C)C(OC(C)=O)C(O)C2O)C(O)C(O)C1OC1OC(CO)C(O)C(O)C1OC1OC(C)C(OC(=O)C(C)CC)C(O)C1O. The molecule has 4 heterocycles. The van der Waals surface area contributed by atoms with E-state index in [9.17, 15) is 65.4 Å². The molecule has 11 N–H and O–H groups in total. The Balaban J connectivity index is 1.56. The smallest absolute Gasteiger partial charge is 0.309 e. The number of carboxylic acid groups (broad SMARTS) is 1. The highest BCUT2D eigenvalue weighted by atomic mass is 16.8. The Morgan fingerprint density at radius 3 is 1.65 bits per heavy atom. The fourth-order valence-electron chi connectivity index (χ4n) is 8.97. The van der Waals surface area contributed by atoms with Crippen molar-refractivity contribution in [2.45, 2.75) is 260 Å². The number of carbonyl (C=O) groups excluding carboxylic acids is 2. The molecule has 71 heavy (non-hydrogen) atoms. The lowest BCUT2D eigenvalue weighted by atomic mass is 9.96. The molecule has 0 amide bonds. The topological polar surface area (TPSA) is 366 Å². The van der Waals surface area contributed by atoms with Crippen molar-refractivity contribution in [3.8, 4) is 0 Å². The van der Waals surface area contributed by atoms with Crippen LogP contribution in [0.1, 0.15) is 125 Å². The molecule has 4 saturated heterocycles. The number of hydrogen-bond acceptors (Lipinski definition) is 23. The third-order valence-electron chi connectivity index (χ3n) is 13.5. The summed E-state index contributed by atoms with van der Waals surface area (Å²) in [6, 6.07) is 0. The van der Waals surface area contributed by atoms with Crippen molar-refractivity contribution in [3.05, 3.63) is 0 Å². The fourth-order valence-corrected chi connectivity index (χ4v) is 8.97. The maximum absolute atomic E-state index is 12.6. The average Bonchev–Trinajstić information content (AvgIpc) is 3.32. The molecule has 24 nitrogen and oxygen atoms in total. The predicted molar refractivity (Wildman–Crippen MR) is 241 cm³/mol. The van der Waals surface area contributed by atoms with E-state index in [-0.39, 0.29) is 6.42 Å². The molecular formula is C47H82O24. The number of carboxylic acids is 1. The molecule has 24 heteroatoms. The van der Waals surface area contributed by atoms with Crippen LogP contribution in [-0.4, -0.2) is 222 Å². The van der Waals surface area contributed by atoms with Crippen LogP contribution in [0.4, 0.5) is 0 Å². The Bertz CT molecular complexity index is 1580. The summed E-state index contributed by atoms with van der Waals surface area (Å²) in [6.07, 6.45) is -25.9. The summed E-state index contributed by atoms with van der Waals surface area (Å²) < 4.78 is 59.0. The molecule has 4 fully saturated rings. The van der Waals surface area contributed by atoms with Gasteiger partial charge in [-0.3, -0.25) is 14.4 Å². The molecule has 0 aliphatic carbocycles. The Morgan fingerprint density at radius 1 is 0.577 bits per heavy atom. The summed E-state index contributed by atoms with van der Waals surface area (Å²) >= 11 is 0. The van der Waals surface area contributed by atoms with Gasteiger partial charge in [-0.05, 0) is 39.5 Å². The number of esters is 2. The summed E-state index contributed by atoms with van der Waals surface area (Å²) in [5, 5.41) is 119. The van der Waals surface area contributed by atoms with Gasteiger partial charge in [0.2, 0.25) is 0 Å². The van der Waals surface area contributed by atoms with E-state index in [4.69, 9.17) is 52.5 Å². The van der Waals surface area contributed by atoms with Crippen LogP contribution < -0.4 is 0 Å². The number of aliphatic carboxylic acids is 1. The summed E-state index contributed by atoms with van der Waals surface area (Å²) in [4.78, 5) is 35.1. The first-order valence-corrected chi connectivity index (χ1v) is 25.2. The van der Waals surface area contributed by atoms with Crippen molar-refractivity contribution >= 4 is 17.9 Å². The number of hydrogen-bond donors (Lipinski definition) is 11. The first kappa shape index (κ1) is 61.2. The molecule has 4 aliphatic heterocycles. The minimum atomic E-state index is -1.94. The molecule has 23 unspecified atom stereocenters. The van der Waals surface area contributed by atoms with Crippen molar-refractivity contribution < 1.29 is 118 Å². The lowest BCUT2D eigenvalue weighted by Gasteiger charge is -2.49. The molecule has 0 aromatic carbocycles. The first-order valence-electron chi connectivity index (χ1n) is 25.2. The van der Waals surface area contributed by atoms with Crippen LogP contribution in [0.15, 0.2) is 0 Å². The van der Waals surface area contributed by atoms with E-state index in [1.54, 1.807) is 13.8 Å². The fraction of sp³-hybridized carbons (Fsp3) is 0.936. The molecule has 0 aromatic heterocycles. The lowest BCUT2D eigenvalue weighted by Crippen LogP contribution is -2.67. The van der Waals surface area contributed by atoms with Gasteiger partial charge in [-0.25, -0.2) is 0 Å². The maximum Gasteiger partial charge on any atom is 0.309 e. The van der Waals surface area contributed by atoms with E-state index in [0.29, 0.717) is 44.9 Å². The second kappa shape index (κ2) is 29.7. The van der Waals surface area contributed by atoms with E-state index in [0.717, 1.165) is 39.0 Å². The average molecular weight is 1030 g/mol. The second-order valence-electron chi connectivity index (χ2n) is 19.3. The highest BCUT2D eigenvalue weighted by Gasteiger charge is 2.55. The van der Waals surface area contributed by atoms with Crippen LogP contribution in [0, 0.1) is 5.92 Å². The van der Waals surface area contributed by atoms with Gasteiger partial charge < -0.3 is 104 Å². The van der Waals surface area contributed by atoms with Gasteiger partial charge in [-0.2, -0.15) is 0 Å². The predicted octanol–water partition coefficient (Wildman–Crippen LogP) is -0.986. The van der Waals surface area contributed by atoms with E-state index in [1.165, 1.54) is 13.8 Å².